The van der Waals surface area contributed by atoms with Crippen molar-refractivity contribution in [2.75, 3.05) is 0 Å². The molecular formula is C29H28N2O6S. The number of carbonyl (C=O) groups is 1. The number of fused-ring (bicyclic) bond motifs is 3. The van der Waals surface area contributed by atoms with Crippen LogP contribution in [0.25, 0.3) is 0 Å². The Morgan fingerprint density at radius 2 is 1.79 bits per heavy atom. The molecule has 2 aliphatic heterocycles. The summed E-state index contributed by atoms with van der Waals surface area (Å²) >= 11 is 0. The van der Waals surface area contributed by atoms with Crippen LogP contribution >= 0.6 is 0 Å². The zero-order valence-electron chi connectivity index (χ0n) is 21.4. The number of amides is 1. The van der Waals surface area contributed by atoms with Crippen LogP contribution in [0.2, 0.25) is 0 Å². The molecule has 1 amide bonds. The lowest BCUT2D eigenvalue weighted by atomic mass is 9.52. The number of sulfone groups is 1. The predicted octanol–water partition coefficient (Wildman–Crippen LogP) is 4.22. The second kappa shape index (κ2) is 7.68. The molecule has 2 aromatic carbocycles. The molecule has 3 atom stereocenters. The molecule has 0 aromatic heterocycles. The quantitative estimate of drug-likeness (QED) is 0.393. The number of rotatable bonds is 2. The number of aliphatic hydroxyl groups excluding tert-OH is 1. The Hall–Kier alpha value is -3.69. The summed E-state index contributed by atoms with van der Waals surface area (Å²) < 4.78 is 35.0. The van der Waals surface area contributed by atoms with E-state index in [1.165, 1.54) is 12.1 Å². The lowest BCUT2D eigenvalue weighted by Gasteiger charge is -2.58. The highest BCUT2D eigenvalue weighted by Crippen LogP contribution is 2.62. The van der Waals surface area contributed by atoms with Crippen LogP contribution in [-0.4, -0.2) is 36.0 Å². The number of hydrogen-bond acceptors (Lipinski definition) is 7. The number of nitrogens with one attached hydrogen (secondary N) is 1. The third kappa shape index (κ3) is 2.91. The van der Waals surface area contributed by atoms with Gasteiger partial charge in [-0.05, 0) is 48.8 Å². The Balaban J connectivity index is 1.69. The summed E-state index contributed by atoms with van der Waals surface area (Å²) in [6.45, 7) is 7.64. The number of oxime groups is 1. The first-order valence-electron chi connectivity index (χ1n) is 12.4. The van der Waals surface area contributed by atoms with Crippen molar-refractivity contribution in [3.8, 4) is 5.75 Å². The van der Waals surface area contributed by atoms with E-state index in [0.717, 1.165) is 11.1 Å². The summed E-state index contributed by atoms with van der Waals surface area (Å²) in [7, 11) is -4.13. The van der Waals surface area contributed by atoms with Gasteiger partial charge in [0.2, 0.25) is 9.84 Å². The Labute approximate surface area is 220 Å². The average Bonchev–Trinajstić information content (AvgIpc) is 3.17. The lowest BCUT2D eigenvalue weighted by Crippen LogP contribution is -2.62. The van der Waals surface area contributed by atoms with Crippen molar-refractivity contribution in [3.05, 3.63) is 93.4 Å². The first-order valence-corrected chi connectivity index (χ1v) is 13.9. The molecule has 6 rings (SSSR count). The summed E-state index contributed by atoms with van der Waals surface area (Å²) in [5.74, 6) is -0.0406. The van der Waals surface area contributed by atoms with Crippen molar-refractivity contribution in [2.24, 2.45) is 16.0 Å². The summed E-state index contributed by atoms with van der Waals surface area (Å²) in [6.07, 6.45) is 4.68. The molecule has 2 aliphatic carbocycles. The fraction of sp³-hybridized carbons (Fsp3) is 0.310. The molecule has 3 N–H and O–H groups in total. The van der Waals surface area contributed by atoms with Crippen LogP contribution in [0.15, 0.2) is 86.8 Å². The molecule has 3 unspecified atom stereocenters. The zero-order valence-corrected chi connectivity index (χ0v) is 22.3. The number of hydrogen-bond donors (Lipinski definition) is 3. The maximum atomic E-state index is 14.1. The van der Waals surface area contributed by atoms with E-state index in [2.05, 4.69) is 10.5 Å². The highest BCUT2D eigenvalue weighted by molar-refractivity contribution is 7.96. The molecular weight excluding hydrogens is 504 g/mol. The molecule has 0 bridgehead atoms. The predicted molar refractivity (Wildman–Crippen MR) is 141 cm³/mol. The Morgan fingerprint density at radius 1 is 1.08 bits per heavy atom. The van der Waals surface area contributed by atoms with Gasteiger partial charge in [0, 0.05) is 10.8 Å². The maximum absolute atomic E-state index is 14.1. The molecule has 196 valence electrons. The first kappa shape index (κ1) is 24.6. The molecule has 0 saturated carbocycles. The number of benzene rings is 2. The maximum Gasteiger partial charge on any atom is 0.254 e. The van der Waals surface area contributed by atoms with Crippen LogP contribution in [0, 0.1) is 10.8 Å². The largest absolute Gasteiger partial charge is 0.477 e. The van der Waals surface area contributed by atoms with Gasteiger partial charge in [-0.1, -0.05) is 67.9 Å². The van der Waals surface area contributed by atoms with Crippen LogP contribution < -0.4 is 10.1 Å². The van der Waals surface area contributed by atoms with E-state index in [9.17, 15) is 23.5 Å². The number of aliphatic hydroxyl groups is 1. The Kier molecular flexibility index (Phi) is 4.98. The van der Waals surface area contributed by atoms with E-state index >= 15 is 0 Å². The van der Waals surface area contributed by atoms with E-state index in [1.54, 1.807) is 30.3 Å². The summed E-state index contributed by atoms with van der Waals surface area (Å²) in [5, 5.41) is 27.0. The minimum absolute atomic E-state index is 0.0121. The van der Waals surface area contributed by atoms with Gasteiger partial charge >= 0.3 is 0 Å². The van der Waals surface area contributed by atoms with Crippen molar-refractivity contribution in [2.45, 2.75) is 50.8 Å². The molecule has 0 radical (unpaired) electrons. The van der Waals surface area contributed by atoms with Gasteiger partial charge in [-0.15, -0.1) is 0 Å². The fourth-order valence-corrected chi connectivity index (χ4v) is 8.11. The number of nitrogens with zero attached hydrogens (tertiary/aromatic N) is 1. The van der Waals surface area contributed by atoms with Gasteiger partial charge in [-0.3, -0.25) is 4.79 Å². The van der Waals surface area contributed by atoms with Gasteiger partial charge in [0.15, 0.2) is 11.8 Å². The van der Waals surface area contributed by atoms with Gasteiger partial charge in [-0.25, -0.2) is 8.42 Å². The number of carbonyl (C=O) groups excluding carboxylic acids is 1. The van der Waals surface area contributed by atoms with Crippen LogP contribution in [0.4, 0.5) is 0 Å². The number of allylic oxidation sites excluding steroid dienone is 3. The van der Waals surface area contributed by atoms with Gasteiger partial charge in [-0.2, -0.15) is 0 Å². The van der Waals surface area contributed by atoms with Crippen LogP contribution in [0.5, 0.6) is 5.75 Å². The standard InChI is InChI=1S/C29H28N2O6S/c1-16-10-13-21-27(2,3)24(31-34)20(38(35,36)18-8-6-5-7-9-18)15-29(21)28(16,4)14-17-11-12-19-22(23(17)37-29)26(33)30-25(19)32/h5-13,15,26,33-34H,14H2,1-4H3,(H,30,32). The molecule has 8 nitrogen and oxygen atoms in total. The zero-order chi connectivity index (χ0) is 27.3. The molecule has 0 saturated heterocycles. The first-order chi connectivity index (χ1) is 17.9. The molecule has 9 heteroatoms. The number of ether oxygens (including phenoxy) is 1. The van der Waals surface area contributed by atoms with Crippen molar-refractivity contribution in [3.63, 3.8) is 0 Å². The van der Waals surface area contributed by atoms with Gasteiger partial charge in [0.05, 0.1) is 20.9 Å². The molecule has 1 spiro atoms. The smallest absolute Gasteiger partial charge is 0.254 e. The molecule has 4 aliphatic rings. The molecule has 38 heavy (non-hydrogen) atoms. The average molecular weight is 533 g/mol. The SMILES string of the molecule is CC1=CC=C2C(C)(C)C(=NO)C(S(=O)(=O)c3ccccc3)=CC23Oc2c(ccc4c2C(O)NC4=O)CC13C. The van der Waals surface area contributed by atoms with Gasteiger partial charge in [0.1, 0.15) is 11.5 Å². The van der Waals surface area contributed by atoms with Crippen LogP contribution in [0.1, 0.15) is 55.4 Å². The van der Waals surface area contributed by atoms with Crippen molar-refractivity contribution in [1.29, 1.82) is 0 Å². The minimum Gasteiger partial charge on any atom is -0.477 e. The fourth-order valence-electron chi connectivity index (χ4n) is 6.47. The van der Waals surface area contributed by atoms with Crippen molar-refractivity contribution >= 4 is 21.5 Å². The lowest BCUT2D eigenvalue weighted by molar-refractivity contribution is 0.00720. The highest BCUT2D eigenvalue weighted by atomic mass is 32.2. The molecule has 2 heterocycles. The topological polar surface area (TPSA) is 125 Å². The summed E-state index contributed by atoms with van der Waals surface area (Å²) in [4.78, 5) is 12.4. The van der Waals surface area contributed by atoms with E-state index in [1.807, 2.05) is 45.9 Å². The summed E-state index contributed by atoms with van der Waals surface area (Å²) in [6, 6.07) is 11.5. The van der Waals surface area contributed by atoms with Gasteiger partial charge in [0.25, 0.3) is 5.91 Å². The van der Waals surface area contributed by atoms with E-state index in [-0.39, 0.29) is 15.5 Å². The van der Waals surface area contributed by atoms with E-state index < -0.39 is 38.4 Å². The van der Waals surface area contributed by atoms with Crippen molar-refractivity contribution < 1.29 is 28.3 Å². The van der Waals surface area contributed by atoms with E-state index in [0.29, 0.717) is 28.9 Å². The van der Waals surface area contributed by atoms with Crippen LogP contribution in [-0.2, 0) is 16.3 Å². The van der Waals surface area contributed by atoms with Gasteiger partial charge < -0.3 is 20.4 Å². The molecule has 0 fully saturated rings. The highest BCUT2D eigenvalue weighted by Gasteiger charge is 2.64. The second-order valence-corrected chi connectivity index (χ2v) is 13.0. The Morgan fingerprint density at radius 3 is 2.47 bits per heavy atom. The summed E-state index contributed by atoms with van der Waals surface area (Å²) in [5.41, 5.74) is 0.0852. The third-order valence-corrected chi connectivity index (χ3v) is 10.5. The second-order valence-electron chi connectivity index (χ2n) is 11.1. The van der Waals surface area contributed by atoms with E-state index in [4.69, 9.17) is 4.74 Å². The minimum atomic E-state index is -4.13. The normalized spacial score (nSPS) is 30.0. The third-order valence-electron chi connectivity index (χ3n) is 8.74. The molecule has 2 aromatic rings. The monoisotopic (exact) mass is 532 g/mol. The van der Waals surface area contributed by atoms with Crippen LogP contribution in [0.3, 0.4) is 0 Å². The Bertz CT molecular complexity index is 1650. The van der Waals surface area contributed by atoms with Crippen molar-refractivity contribution in [1.82, 2.24) is 5.32 Å².